The number of carbonyl (C=O) groups excluding carboxylic acids is 1. The second kappa shape index (κ2) is 9.96. The number of rotatable bonds is 5. The second-order valence-corrected chi connectivity index (χ2v) is 10.1. The van der Waals surface area contributed by atoms with E-state index >= 15 is 0 Å². The van der Waals surface area contributed by atoms with Crippen LogP contribution in [-0.4, -0.2) is 63.3 Å². The van der Waals surface area contributed by atoms with Crippen LogP contribution in [0.2, 0.25) is 0 Å². The van der Waals surface area contributed by atoms with Gasteiger partial charge in [-0.3, -0.25) is 9.78 Å². The number of hydrogen-bond acceptors (Lipinski definition) is 7. The van der Waals surface area contributed by atoms with E-state index in [4.69, 9.17) is 4.52 Å². The molecular formula is C26H32N6O4. The highest BCUT2D eigenvalue weighted by molar-refractivity contribution is 5.90. The Morgan fingerprint density at radius 1 is 1.14 bits per heavy atom. The molecule has 0 aliphatic carbocycles. The van der Waals surface area contributed by atoms with Crippen LogP contribution >= 0.6 is 0 Å². The van der Waals surface area contributed by atoms with Gasteiger partial charge in [0.15, 0.2) is 0 Å². The number of carboxylic acid groups (broad SMARTS) is 1. The third-order valence-electron chi connectivity index (χ3n) is 6.36. The number of amides is 2. The molecule has 0 unspecified atom stereocenters. The van der Waals surface area contributed by atoms with Crippen LogP contribution in [0.4, 0.5) is 10.5 Å². The average Bonchev–Trinajstić information content (AvgIpc) is 3.35. The standard InChI is InChI=1S/C26H32N6O4/c1-16-14-18(20-8-9-27-15-21(20)31-10-12-32(13-11-31)25(34)35)6-7-19(16)17(2)28-23(33)22-29-24(36-30-22)26(3,4)5/h6-9,14-15,17H,10-13H2,1-5H3,(H,28,33)(H,34,35)/t17-/m1/s1. The molecule has 1 atom stereocenters. The van der Waals surface area contributed by atoms with Gasteiger partial charge in [-0.15, -0.1) is 0 Å². The van der Waals surface area contributed by atoms with E-state index in [0.717, 1.165) is 27.9 Å². The molecule has 2 amide bonds. The maximum absolute atomic E-state index is 12.7. The molecule has 10 nitrogen and oxygen atoms in total. The van der Waals surface area contributed by atoms with Crippen molar-refractivity contribution in [3.63, 3.8) is 0 Å². The van der Waals surface area contributed by atoms with E-state index < -0.39 is 6.09 Å². The van der Waals surface area contributed by atoms with E-state index in [1.165, 1.54) is 4.90 Å². The van der Waals surface area contributed by atoms with Gasteiger partial charge < -0.3 is 24.7 Å². The van der Waals surface area contributed by atoms with Crippen LogP contribution < -0.4 is 10.2 Å². The zero-order valence-corrected chi connectivity index (χ0v) is 21.3. The van der Waals surface area contributed by atoms with Crippen molar-refractivity contribution in [3.8, 4) is 11.1 Å². The van der Waals surface area contributed by atoms with E-state index in [-0.39, 0.29) is 23.2 Å². The molecule has 1 fully saturated rings. The summed E-state index contributed by atoms with van der Waals surface area (Å²) in [5, 5.41) is 16.0. The lowest BCUT2D eigenvalue weighted by molar-refractivity contribution is 0.0926. The van der Waals surface area contributed by atoms with Crippen LogP contribution in [0.5, 0.6) is 0 Å². The van der Waals surface area contributed by atoms with Gasteiger partial charge in [-0.05, 0) is 36.6 Å². The molecule has 10 heteroatoms. The normalized spacial score (nSPS) is 15.0. The van der Waals surface area contributed by atoms with E-state index in [2.05, 4.69) is 31.4 Å². The summed E-state index contributed by atoms with van der Waals surface area (Å²) in [6, 6.07) is 7.85. The van der Waals surface area contributed by atoms with Crippen molar-refractivity contribution < 1.29 is 19.2 Å². The third-order valence-corrected chi connectivity index (χ3v) is 6.36. The summed E-state index contributed by atoms with van der Waals surface area (Å²) in [6.07, 6.45) is 2.70. The second-order valence-electron chi connectivity index (χ2n) is 10.1. The maximum Gasteiger partial charge on any atom is 0.407 e. The Labute approximate surface area is 210 Å². The molecule has 0 radical (unpaired) electrons. The van der Waals surface area contributed by atoms with Crippen LogP contribution in [0.25, 0.3) is 11.1 Å². The largest absolute Gasteiger partial charge is 0.465 e. The molecule has 1 aliphatic heterocycles. The average molecular weight is 493 g/mol. The fourth-order valence-corrected chi connectivity index (χ4v) is 4.31. The Bertz CT molecular complexity index is 1260. The van der Waals surface area contributed by atoms with Gasteiger partial charge in [0.2, 0.25) is 5.89 Å². The minimum absolute atomic E-state index is 0.0190. The zero-order chi connectivity index (χ0) is 26.0. The van der Waals surface area contributed by atoms with Gasteiger partial charge in [-0.25, -0.2) is 4.79 Å². The number of aryl methyl sites for hydroxylation is 1. The molecule has 3 aromatic rings. The van der Waals surface area contributed by atoms with Crippen molar-refractivity contribution in [2.45, 2.75) is 46.1 Å². The minimum atomic E-state index is -0.887. The smallest absolute Gasteiger partial charge is 0.407 e. The topological polar surface area (TPSA) is 125 Å². The number of nitrogens with zero attached hydrogens (tertiary/aromatic N) is 5. The molecule has 36 heavy (non-hydrogen) atoms. The SMILES string of the molecule is Cc1cc(-c2ccncc2N2CCN(C(=O)O)CC2)ccc1[C@@H](C)NC(=O)c1noc(C(C)(C)C)n1. The molecule has 1 aliphatic rings. The summed E-state index contributed by atoms with van der Waals surface area (Å²) in [5.74, 6) is 0.0472. The van der Waals surface area contributed by atoms with Gasteiger partial charge in [-0.2, -0.15) is 4.98 Å². The maximum atomic E-state index is 12.7. The number of anilines is 1. The molecule has 2 N–H and O–H groups in total. The molecule has 4 rings (SSSR count). The molecule has 3 heterocycles. The lowest BCUT2D eigenvalue weighted by Crippen LogP contribution is -2.48. The highest BCUT2D eigenvalue weighted by Gasteiger charge is 2.26. The number of aromatic nitrogens is 3. The molecule has 1 aromatic carbocycles. The Morgan fingerprint density at radius 2 is 1.86 bits per heavy atom. The first-order valence-corrected chi connectivity index (χ1v) is 12.0. The third kappa shape index (κ3) is 5.32. The van der Waals surface area contributed by atoms with Crippen LogP contribution in [-0.2, 0) is 5.41 Å². The lowest BCUT2D eigenvalue weighted by atomic mass is 9.96. The van der Waals surface area contributed by atoms with Crippen LogP contribution in [0.3, 0.4) is 0 Å². The fourth-order valence-electron chi connectivity index (χ4n) is 4.31. The Kier molecular flexibility index (Phi) is 6.96. The molecule has 0 spiro atoms. The van der Waals surface area contributed by atoms with Gasteiger partial charge >= 0.3 is 6.09 Å². The van der Waals surface area contributed by atoms with Crippen LogP contribution in [0.1, 0.15) is 61.4 Å². The Hall–Kier alpha value is -3.95. The summed E-state index contributed by atoms with van der Waals surface area (Å²) >= 11 is 0. The van der Waals surface area contributed by atoms with Gasteiger partial charge in [0, 0.05) is 43.4 Å². The first-order chi connectivity index (χ1) is 17.0. The van der Waals surface area contributed by atoms with E-state index in [9.17, 15) is 14.7 Å². The predicted octanol–water partition coefficient (Wildman–Crippen LogP) is 4.03. The van der Waals surface area contributed by atoms with Gasteiger partial charge in [0.25, 0.3) is 11.7 Å². The van der Waals surface area contributed by atoms with Crippen molar-refractivity contribution in [2.24, 2.45) is 0 Å². The van der Waals surface area contributed by atoms with Crippen LogP contribution in [0, 0.1) is 6.92 Å². The number of nitrogens with one attached hydrogen (secondary N) is 1. The highest BCUT2D eigenvalue weighted by Crippen LogP contribution is 2.33. The van der Waals surface area contributed by atoms with Gasteiger partial charge in [0.05, 0.1) is 17.9 Å². The van der Waals surface area contributed by atoms with Gasteiger partial charge in [0.1, 0.15) is 0 Å². The van der Waals surface area contributed by atoms with E-state index in [0.29, 0.717) is 32.1 Å². The molecule has 0 saturated carbocycles. The summed E-state index contributed by atoms with van der Waals surface area (Å²) < 4.78 is 5.24. The number of piperazine rings is 1. The summed E-state index contributed by atoms with van der Waals surface area (Å²) in [4.78, 5) is 36.1. The first-order valence-electron chi connectivity index (χ1n) is 12.0. The quantitative estimate of drug-likeness (QED) is 0.547. The minimum Gasteiger partial charge on any atom is -0.465 e. The Balaban J connectivity index is 1.50. The predicted molar refractivity (Wildman–Crippen MR) is 135 cm³/mol. The van der Waals surface area contributed by atoms with Crippen molar-refractivity contribution in [1.29, 1.82) is 0 Å². The van der Waals surface area contributed by atoms with E-state index in [1.54, 1.807) is 6.20 Å². The summed E-state index contributed by atoms with van der Waals surface area (Å²) in [5.41, 5.74) is 4.71. The molecule has 190 valence electrons. The zero-order valence-electron chi connectivity index (χ0n) is 21.3. The van der Waals surface area contributed by atoms with E-state index in [1.807, 2.05) is 59.0 Å². The number of carbonyl (C=O) groups is 2. The van der Waals surface area contributed by atoms with Crippen molar-refractivity contribution >= 4 is 17.7 Å². The molecule has 0 bridgehead atoms. The van der Waals surface area contributed by atoms with Crippen molar-refractivity contribution in [3.05, 3.63) is 59.5 Å². The lowest BCUT2D eigenvalue weighted by Gasteiger charge is -2.35. The molecule has 2 aromatic heterocycles. The Morgan fingerprint density at radius 3 is 2.47 bits per heavy atom. The van der Waals surface area contributed by atoms with Crippen molar-refractivity contribution in [1.82, 2.24) is 25.3 Å². The van der Waals surface area contributed by atoms with Gasteiger partial charge in [-0.1, -0.05) is 44.1 Å². The monoisotopic (exact) mass is 492 g/mol. The first kappa shape index (κ1) is 25.2. The highest BCUT2D eigenvalue weighted by atomic mass is 16.5. The fraction of sp³-hybridized carbons (Fsp3) is 0.423. The van der Waals surface area contributed by atoms with Crippen LogP contribution in [0.15, 0.2) is 41.2 Å². The summed E-state index contributed by atoms with van der Waals surface area (Å²) in [7, 11) is 0. The summed E-state index contributed by atoms with van der Waals surface area (Å²) in [6.45, 7) is 11.9. The number of hydrogen-bond donors (Lipinski definition) is 2. The number of benzene rings is 1. The number of pyridine rings is 1. The van der Waals surface area contributed by atoms with Crippen molar-refractivity contribution in [2.75, 3.05) is 31.1 Å². The molecular weight excluding hydrogens is 460 g/mol. The molecule has 1 saturated heterocycles.